The minimum Gasteiger partial charge on any atom is -0.393 e. The summed E-state index contributed by atoms with van der Waals surface area (Å²) in [4.78, 5) is 14.3. The van der Waals surface area contributed by atoms with Crippen LogP contribution in [-0.2, 0) is 4.79 Å². The highest BCUT2D eigenvalue weighted by Crippen LogP contribution is 2.24. The Bertz CT molecular complexity index is 288. The fraction of sp³-hybridized carbons (Fsp3) is 0.933. The minimum atomic E-state index is -0.173. The second-order valence-electron chi connectivity index (χ2n) is 6.13. The second-order valence-corrected chi connectivity index (χ2v) is 6.13. The van der Waals surface area contributed by atoms with Gasteiger partial charge >= 0.3 is 0 Å². The standard InChI is InChI=1S/C15H28N2O2/c1-12(16-11-13-7-6-8-14(13)18)15(19)17-9-4-2-3-5-10-17/h12-14,16,18H,2-11H2,1H3. The first-order valence-corrected chi connectivity index (χ1v) is 7.88. The molecule has 0 radical (unpaired) electrons. The Morgan fingerprint density at radius 3 is 2.47 bits per heavy atom. The van der Waals surface area contributed by atoms with Gasteiger partial charge in [-0.1, -0.05) is 19.3 Å². The lowest BCUT2D eigenvalue weighted by Gasteiger charge is -2.26. The summed E-state index contributed by atoms with van der Waals surface area (Å²) in [5, 5.41) is 13.1. The van der Waals surface area contributed by atoms with Crippen LogP contribution in [0.2, 0.25) is 0 Å². The van der Waals surface area contributed by atoms with Gasteiger partial charge in [0.15, 0.2) is 0 Å². The van der Waals surface area contributed by atoms with Gasteiger partial charge in [-0.15, -0.1) is 0 Å². The fourth-order valence-corrected chi connectivity index (χ4v) is 3.24. The summed E-state index contributed by atoms with van der Waals surface area (Å²) in [5.74, 6) is 0.564. The van der Waals surface area contributed by atoms with Crippen LogP contribution in [0.5, 0.6) is 0 Å². The van der Waals surface area contributed by atoms with Crippen molar-refractivity contribution < 1.29 is 9.90 Å². The molecule has 2 N–H and O–H groups in total. The first-order valence-electron chi connectivity index (χ1n) is 7.88. The highest BCUT2D eigenvalue weighted by atomic mass is 16.3. The van der Waals surface area contributed by atoms with Gasteiger partial charge in [-0.3, -0.25) is 4.79 Å². The predicted octanol–water partition coefficient (Wildman–Crippen LogP) is 1.53. The normalized spacial score (nSPS) is 30.1. The third kappa shape index (κ3) is 4.18. The van der Waals surface area contributed by atoms with E-state index in [2.05, 4.69) is 5.32 Å². The molecule has 0 aromatic heterocycles. The molecule has 3 atom stereocenters. The van der Waals surface area contributed by atoms with Gasteiger partial charge in [0.2, 0.25) is 5.91 Å². The lowest BCUT2D eigenvalue weighted by Crippen LogP contribution is -2.47. The second kappa shape index (κ2) is 7.25. The van der Waals surface area contributed by atoms with Crippen LogP contribution in [0.3, 0.4) is 0 Å². The third-order valence-corrected chi connectivity index (χ3v) is 4.59. The monoisotopic (exact) mass is 268 g/mol. The molecule has 0 spiro atoms. The molecular formula is C15H28N2O2. The molecule has 1 saturated carbocycles. The molecule has 4 nitrogen and oxygen atoms in total. The summed E-state index contributed by atoms with van der Waals surface area (Å²) in [6.45, 7) is 4.55. The molecule has 1 heterocycles. The van der Waals surface area contributed by atoms with Crippen LogP contribution in [-0.4, -0.2) is 47.7 Å². The van der Waals surface area contributed by atoms with Crippen molar-refractivity contribution >= 4 is 5.91 Å². The van der Waals surface area contributed by atoms with Crippen molar-refractivity contribution in [3.8, 4) is 0 Å². The Morgan fingerprint density at radius 1 is 1.21 bits per heavy atom. The van der Waals surface area contributed by atoms with E-state index in [-0.39, 0.29) is 18.1 Å². The Morgan fingerprint density at radius 2 is 1.89 bits per heavy atom. The van der Waals surface area contributed by atoms with Gasteiger partial charge in [0, 0.05) is 19.6 Å². The van der Waals surface area contributed by atoms with Crippen LogP contribution in [0.25, 0.3) is 0 Å². The van der Waals surface area contributed by atoms with E-state index in [0.29, 0.717) is 5.92 Å². The van der Waals surface area contributed by atoms with Gasteiger partial charge < -0.3 is 15.3 Å². The molecule has 2 fully saturated rings. The third-order valence-electron chi connectivity index (χ3n) is 4.59. The van der Waals surface area contributed by atoms with Crippen molar-refractivity contribution in [1.82, 2.24) is 10.2 Å². The molecule has 110 valence electrons. The zero-order valence-electron chi connectivity index (χ0n) is 12.1. The lowest BCUT2D eigenvalue weighted by molar-refractivity contribution is -0.133. The molecule has 0 aromatic rings. The SMILES string of the molecule is CC(NCC1CCCC1O)C(=O)N1CCCCCC1. The summed E-state index contributed by atoms with van der Waals surface area (Å²) in [6, 6.07) is -0.120. The molecule has 3 unspecified atom stereocenters. The maximum absolute atomic E-state index is 12.3. The zero-order chi connectivity index (χ0) is 13.7. The zero-order valence-corrected chi connectivity index (χ0v) is 12.1. The van der Waals surface area contributed by atoms with E-state index in [9.17, 15) is 9.90 Å². The molecular weight excluding hydrogens is 240 g/mol. The maximum Gasteiger partial charge on any atom is 0.239 e. The molecule has 1 aliphatic carbocycles. The first kappa shape index (κ1) is 14.8. The molecule has 0 bridgehead atoms. The lowest BCUT2D eigenvalue weighted by atomic mass is 10.1. The highest BCUT2D eigenvalue weighted by Gasteiger charge is 2.27. The topological polar surface area (TPSA) is 52.6 Å². The van der Waals surface area contributed by atoms with E-state index in [1.165, 1.54) is 12.8 Å². The summed E-state index contributed by atoms with van der Waals surface area (Å²) in [6.07, 6.45) is 7.72. The van der Waals surface area contributed by atoms with Crippen molar-refractivity contribution in [2.75, 3.05) is 19.6 Å². The molecule has 1 saturated heterocycles. The Labute approximate surface area is 116 Å². The van der Waals surface area contributed by atoms with E-state index in [1.54, 1.807) is 0 Å². The van der Waals surface area contributed by atoms with Gasteiger partial charge in [0.05, 0.1) is 12.1 Å². The average Bonchev–Trinajstić information content (AvgIpc) is 2.68. The van der Waals surface area contributed by atoms with Gasteiger partial charge in [-0.25, -0.2) is 0 Å². The number of hydrogen-bond acceptors (Lipinski definition) is 3. The number of nitrogens with one attached hydrogen (secondary N) is 1. The predicted molar refractivity (Wildman–Crippen MR) is 75.9 cm³/mol. The molecule has 1 amide bonds. The number of amides is 1. The number of carbonyl (C=O) groups is 1. The van der Waals surface area contributed by atoms with E-state index in [4.69, 9.17) is 0 Å². The summed E-state index contributed by atoms with van der Waals surface area (Å²) in [5.41, 5.74) is 0. The number of hydrogen-bond donors (Lipinski definition) is 2. The van der Waals surface area contributed by atoms with Crippen LogP contribution in [0.15, 0.2) is 0 Å². The Balaban J connectivity index is 1.74. The maximum atomic E-state index is 12.3. The number of rotatable bonds is 4. The van der Waals surface area contributed by atoms with Crippen molar-refractivity contribution in [3.63, 3.8) is 0 Å². The quantitative estimate of drug-likeness (QED) is 0.813. The van der Waals surface area contributed by atoms with Gasteiger partial charge in [-0.05, 0) is 38.5 Å². The van der Waals surface area contributed by atoms with E-state index in [1.807, 2.05) is 11.8 Å². The molecule has 19 heavy (non-hydrogen) atoms. The van der Waals surface area contributed by atoms with Crippen molar-refractivity contribution in [2.45, 2.75) is 64.0 Å². The summed E-state index contributed by atoms with van der Waals surface area (Å²) < 4.78 is 0. The molecule has 2 aliphatic rings. The van der Waals surface area contributed by atoms with E-state index < -0.39 is 0 Å². The minimum absolute atomic E-state index is 0.120. The number of nitrogens with zero attached hydrogens (tertiary/aromatic N) is 1. The van der Waals surface area contributed by atoms with Crippen LogP contribution in [0, 0.1) is 5.92 Å². The largest absolute Gasteiger partial charge is 0.393 e. The number of aliphatic hydroxyl groups excluding tert-OH is 1. The van der Waals surface area contributed by atoms with Crippen LogP contribution >= 0.6 is 0 Å². The van der Waals surface area contributed by atoms with Crippen molar-refractivity contribution in [3.05, 3.63) is 0 Å². The summed E-state index contributed by atoms with van der Waals surface area (Å²) >= 11 is 0. The Hall–Kier alpha value is -0.610. The van der Waals surface area contributed by atoms with Gasteiger partial charge in [0.25, 0.3) is 0 Å². The number of aliphatic hydroxyl groups is 1. The first-order chi connectivity index (χ1) is 9.18. The van der Waals surface area contributed by atoms with Crippen molar-refractivity contribution in [2.24, 2.45) is 5.92 Å². The average molecular weight is 268 g/mol. The molecule has 0 aromatic carbocycles. The highest BCUT2D eigenvalue weighted by molar-refractivity contribution is 5.81. The van der Waals surface area contributed by atoms with Crippen LogP contribution in [0.4, 0.5) is 0 Å². The van der Waals surface area contributed by atoms with E-state index in [0.717, 1.165) is 51.7 Å². The van der Waals surface area contributed by atoms with Crippen molar-refractivity contribution in [1.29, 1.82) is 0 Å². The van der Waals surface area contributed by atoms with Gasteiger partial charge in [-0.2, -0.15) is 0 Å². The smallest absolute Gasteiger partial charge is 0.239 e. The summed E-state index contributed by atoms with van der Waals surface area (Å²) in [7, 11) is 0. The van der Waals surface area contributed by atoms with Gasteiger partial charge in [0.1, 0.15) is 0 Å². The Kier molecular flexibility index (Phi) is 5.64. The number of carbonyl (C=O) groups excluding carboxylic acids is 1. The van der Waals surface area contributed by atoms with Crippen LogP contribution in [0.1, 0.15) is 51.9 Å². The molecule has 2 rings (SSSR count). The molecule has 1 aliphatic heterocycles. The molecule has 4 heteroatoms. The number of likely N-dealkylation sites (tertiary alicyclic amines) is 1. The van der Waals surface area contributed by atoms with Crippen LogP contribution < -0.4 is 5.32 Å². The van der Waals surface area contributed by atoms with E-state index >= 15 is 0 Å². The fourth-order valence-electron chi connectivity index (χ4n) is 3.24.